The first-order valence-corrected chi connectivity index (χ1v) is 33.0. The molecule has 0 bridgehead atoms. The lowest BCUT2D eigenvalue weighted by atomic mass is 9.82. The monoisotopic (exact) mass is 924 g/mol. The summed E-state index contributed by atoms with van der Waals surface area (Å²) in [7, 11) is -14.5. The van der Waals surface area contributed by atoms with Gasteiger partial charge in [-0.2, -0.15) is 26.3 Å². The van der Waals surface area contributed by atoms with Crippen LogP contribution in [0.5, 0.6) is 0 Å². The average Bonchev–Trinajstić information content (AvgIpc) is 3.04. The molecule has 6 unspecified atom stereocenters. The van der Waals surface area contributed by atoms with Crippen molar-refractivity contribution in [2.45, 2.75) is 223 Å². The van der Waals surface area contributed by atoms with Crippen molar-refractivity contribution in [3.63, 3.8) is 0 Å². The lowest BCUT2D eigenvalue weighted by molar-refractivity contribution is -0.132. The highest BCUT2D eigenvalue weighted by molar-refractivity contribution is 6.83. The van der Waals surface area contributed by atoms with Gasteiger partial charge < -0.3 is 13.3 Å². The highest BCUT2D eigenvalue weighted by Gasteiger charge is 2.66. The molecule has 0 spiro atoms. The topological polar surface area (TPSA) is 27.7 Å². The molecular weight excluding hydrogens is 848 g/mol. The van der Waals surface area contributed by atoms with Gasteiger partial charge in [-0.05, 0) is 108 Å². The van der Waals surface area contributed by atoms with Crippen LogP contribution in [0.25, 0.3) is 0 Å². The molecule has 0 aromatic heterocycles. The zero-order valence-corrected chi connectivity index (χ0v) is 43.2. The maximum absolute atomic E-state index is 15.0. The minimum atomic E-state index is -4.67. The third-order valence-corrected chi connectivity index (χ3v) is 29.9. The zero-order chi connectivity index (χ0) is 46.5. The van der Waals surface area contributed by atoms with Crippen LogP contribution in [-0.2, 0) is 18.7 Å². The molecule has 3 nitrogen and oxygen atoms in total. The minimum Gasteiger partial charge on any atom is -0.411 e. The van der Waals surface area contributed by atoms with E-state index in [4.69, 9.17) is 13.3 Å². The van der Waals surface area contributed by atoms with Crippen LogP contribution in [0.2, 0.25) is 63.0 Å². The fraction of sp³-hybridized carbons (Fsp3) is 0.814. The third kappa shape index (κ3) is 13.1. The van der Waals surface area contributed by atoms with Crippen molar-refractivity contribution in [2.24, 2.45) is 0 Å². The van der Waals surface area contributed by atoms with Gasteiger partial charge in [-0.1, -0.05) is 105 Å². The molecule has 0 fully saturated rings. The summed E-state index contributed by atoms with van der Waals surface area (Å²) in [5.74, 6) is -9.09. The van der Waals surface area contributed by atoms with Crippen LogP contribution in [0.3, 0.4) is 0 Å². The molecule has 1 rings (SSSR count). The van der Waals surface area contributed by atoms with Crippen molar-refractivity contribution >= 4 is 33.0 Å². The van der Waals surface area contributed by atoms with Gasteiger partial charge in [-0.25, -0.2) is 13.2 Å². The Bertz CT molecular complexity index is 1530. The van der Waals surface area contributed by atoms with E-state index >= 15 is 0 Å². The molecule has 0 N–H and O–H groups in total. The molecule has 59 heavy (non-hydrogen) atoms. The van der Waals surface area contributed by atoms with Crippen LogP contribution < -0.4 is 0 Å². The molecule has 0 aliphatic rings. The van der Waals surface area contributed by atoms with Crippen molar-refractivity contribution in [1.29, 1.82) is 0 Å². The van der Waals surface area contributed by atoms with E-state index in [9.17, 15) is 39.5 Å². The maximum Gasteiger partial charge on any atom is 0.388 e. The van der Waals surface area contributed by atoms with Gasteiger partial charge in [0.1, 0.15) is 0 Å². The van der Waals surface area contributed by atoms with E-state index in [0.29, 0.717) is 38.5 Å². The van der Waals surface area contributed by atoms with Gasteiger partial charge in [0.2, 0.25) is 8.32 Å². The summed E-state index contributed by atoms with van der Waals surface area (Å²) < 4.78 is 154. The van der Waals surface area contributed by atoms with Crippen molar-refractivity contribution in [2.75, 3.05) is 0 Å². The van der Waals surface area contributed by atoms with E-state index in [1.807, 2.05) is 73.7 Å². The van der Waals surface area contributed by atoms with Crippen molar-refractivity contribution in [3.8, 4) is 0 Å². The number of hydrogen-bond acceptors (Lipinski definition) is 3. The van der Waals surface area contributed by atoms with E-state index in [-0.39, 0.29) is 24.1 Å². The Balaban J connectivity index is 4.60. The van der Waals surface area contributed by atoms with Crippen LogP contribution >= 0.6 is 0 Å². The second kappa shape index (κ2) is 19.9. The zero-order valence-electron chi connectivity index (χ0n) is 39.2. The summed E-state index contributed by atoms with van der Waals surface area (Å²) in [6.45, 7) is 30.9. The Morgan fingerprint density at radius 3 is 1.54 bits per heavy atom. The summed E-state index contributed by atoms with van der Waals surface area (Å²) in [5, 5.41) is -3.49. The van der Waals surface area contributed by atoms with E-state index in [1.165, 1.54) is 0 Å². The molecule has 0 heterocycles. The van der Waals surface area contributed by atoms with Gasteiger partial charge in [-0.15, -0.1) is 0 Å². The SMILES string of the molecule is C/C=C\C(C)(O[Si](C)(CCC(F)(F)F)C(C)(CCC)C(C)(CCC)O[Si](C)(CC(C)(C)c1cc(F)c(F)c(F)c1)C(C)(CCCCC)O[Si](C)(C)C(F)(F)F)[Si](C)(C)C. The van der Waals surface area contributed by atoms with Crippen molar-refractivity contribution in [1.82, 2.24) is 0 Å². The Morgan fingerprint density at radius 2 is 1.14 bits per heavy atom. The second-order valence-electron chi connectivity index (χ2n) is 20.3. The molecule has 1 aromatic carbocycles. The molecule has 0 radical (unpaired) electrons. The molecule has 16 heteroatoms. The first-order chi connectivity index (χ1) is 26.3. The molecule has 0 aliphatic heterocycles. The highest BCUT2D eigenvalue weighted by atomic mass is 28.4. The lowest BCUT2D eigenvalue weighted by Gasteiger charge is -2.62. The highest BCUT2D eigenvalue weighted by Crippen LogP contribution is 2.61. The van der Waals surface area contributed by atoms with Gasteiger partial charge in [0.25, 0.3) is 0 Å². The van der Waals surface area contributed by atoms with Gasteiger partial charge in [0.05, 0.1) is 24.1 Å². The fourth-order valence-electron chi connectivity index (χ4n) is 9.02. The quantitative estimate of drug-likeness (QED) is 0.0340. The molecule has 0 amide bonds. The Kier molecular flexibility index (Phi) is 18.9. The molecule has 1 aromatic rings. The van der Waals surface area contributed by atoms with Crippen LogP contribution in [0.1, 0.15) is 133 Å². The van der Waals surface area contributed by atoms with E-state index in [2.05, 4.69) is 19.6 Å². The second-order valence-corrected chi connectivity index (χ2v) is 37.9. The smallest absolute Gasteiger partial charge is 0.388 e. The minimum absolute atomic E-state index is 0.0101. The number of halogens is 9. The molecule has 0 saturated heterocycles. The number of alkyl halides is 6. The van der Waals surface area contributed by atoms with Crippen LogP contribution in [0.15, 0.2) is 24.3 Å². The predicted molar refractivity (Wildman–Crippen MR) is 235 cm³/mol. The van der Waals surface area contributed by atoms with E-state index in [0.717, 1.165) is 31.6 Å². The Morgan fingerprint density at radius 1 is 0.627 bits per heavy atom. The van der Waals surface area contributed by atoms with Gasteiger partial charge in [0.15, 0.2) is 25.8 Å². The fourth-order valence-corrected chi connectivity index (χ4v) is 24.0. The van der Waals surface area contributed by atoms with Gasteiger partial charge >= 0.3 is 20.3 Å². The van der Waals surface area contributed by atoms with E-state index < -0.39 is 95.4 Å². The first-order valence-electron chi connectivity index (χ1n) is 21.4. The lowest BCUT2D eigenvalue weighted by Crippen LogP contribution is -2.71. The first kappa shape index (κ1) is 56.1. The van der Waals surface area contributed by atoms with Crippen LogP contribution in [0.4, 0.5) is 39.5 Å². The number of unbranched alkanes of at least 4 members (excludes halogenated alkanes) is 2. The number of allylic oxidation sites excluding steroid dienone is 1. The summed E-state index contributed by atoms with van der Waals surface area (Å²) in [6, 6.07) is 1.54. The molecular formula is C43H77F9O3Si4. The largest absolute Gasteiger partial charge is 0.411 e. The third-order valence-electron chi connectivity index (χ3n) is 13.6. The van der Waals surface area contributed by atoms with Crippen LogP contribution in [-0.4, -0.2) is 61.1 Å². The van der Waals surface area contributed by atoms with E-state index in [1.54, 1.807) is 20.8 Å². The molecule has 0 aliphatic carbocycles. The van der Waals surface area contributed by atoms with Crippen molar-refractivity contribution < 1.29 is 52.8 Å². The predicted octanol–water partition coefficient (Wildman–Crippen LogP) is 16.1. The summed E-state index contributed by atoms with van der Waals surface area (Å²) in [4.78, 5) is 0. The number of rotatable bonds is 24. The maximum atomic E-state index is 15.0. The molecule has 6 atom stereocenters. The Labute approximate surface area is 355 Å². The standard InChI is InChI=1S/C43H77F9O3Si4/c1-18-22-23-27-41(10,54-57(14,15)43(50,51)52)59(17,32-37(5,6)33-30-34(44)36(46)35(45)31-33)53-38(7,24-19-2)39(8,25-20-3)58(16,29-28-42(47,48)49)55-40(9,26-21-4)56(11,12)13/h21,26,30-31H,18-20,22-25,27-29,32H2,1-17H3/b26-21-. The summed E-state index contributed by atoms with van der Waals surface area (Å²) in [6.07, 6.45) is 2.20. The summed E-state index contributed by atoms with van der Waals surface area (Å²) in [5.41, 5.74) is -2.38. The average molecular weight is 925 g/mol. The van der Waals surface area contributed by atoms with Gasteiger partial charge in [0, 0.05) is 11.5 Å². The Hall–Kier alpha value is -0.922. The number of benzene rings is 1. The molecule has 346 valence electrons. The van der Waals surface area contributed by atoms with Gasteiger partial charge in [-0.3, -0.25) is 0 Å². The van der Waals surface area contributed by atoms with Crippen molar-refractivity contribution in [3.05, 3.63) is 47.3 Å². The van der Waals surface area contributed by atoms with Crippen LogP contribution in [0, 0.1) is 17.5 Å². The molecule has 0 saturated carbocycles. The number of hydrogen-bond donors (Lipinski definition) is 0. The normalized spacial score (nSPS) is 20.0. The summed E-state index contributed by atoms with van der Waals surface area (Å²) >= 11 is 0.